The van der Waals surface area contributed by atoms with Crippen LogP contribution in [0.2, 0.25) is 0 Å². The van der Waals surface area contributed by atoms with E-state index in [1.807, 2.05) is 50.2 Å². The number of nitrogens with one attached hydrogen (secondary N) is 1. The third-order valence-corrected chi connectivity index (χ3v) is 3.28. The number of benzene rings is 1. The van der Waals surface area contributed by atoms with Crippen molar-refractivity contribution >= 4 is 22.2 Å². The molecular formula is C13H13NOS. The molecule has 0 bridgehead atoms. The minimum atomic E-state index is -0.0417. The first-order valence-corrected chi connectivity index (χ1v) is 5.92. The number of hydrogen-bond acceptors (Lipinski definition) is 2. The molecule has 2 aromatic rings. The van der Waals surface area contributed by atoms with Crippen molar-refractivity contribution in [1.29, 1.82) is 0 Å². The number of thiophene rings is 1. The van der Waals surface area contributed by atoms with Crippen molar-refractivity contribution in [3.8, 4) is 0 Å². The Morgan fingerprint density at radius 3 is 2.50 bits per heavy atom. The van der Waals surface area contributed by atoms with E-state index >= 15 is 0 Å². The normalized spacial score (nSPS) is 10.1. The van der Waals surface area contributed by atoms with Gasteiger partial charge in [0.25, 0.3) is 5.91 Å². The second-order valence-electron chi connectivity index (χ2n) is 3.68. The van der Waals surface area contributed by atoms with Crippen molar-refractivity contribution in [3.05, 3.63) is 52.4 Å². The molecule has 2 rings (SSSR count). The summed E-state index contributed by atoms with van der Waals surface area (Å²) in [6, 6.07) is 11.5. The van der Waals surface area contributed by atoms with Gasteiger partial charge in [0.05, 0.1) is 5.00 Å². The molecule has 82 valence electrons. The Morgan fingerprint density at radius 2 is 1.88 bits per heavy atom. The second kappa shape index (κ2) is 4.49. The van der Waals surface area contributed by atoms with E-state index in [0.717, 1.165) is 16.1 Å². The maximum absolute atomic E-state index is 11.9. The number of amides is 1. The Kier molecular flexibility index (Phi) is 3.06. The van der Waals surface area contributed by atoms with Gasteiger partial charge in [-0.1, -0.05) is 18.2 Å². The summed E-state index contributed by atoms with van der Waals surface area (Å²) >= 11 is 1.58. The van der Waals surface area contributed by atoms with Crippen LogP contribution in [0.4, 0.5) is 5.00 Å². The molecule has 1 amide bonds. The minimum Gasteiger partial charge on any atom is -0.314 e. The van der Waals surface area contributed by atoms with Crippen molar-refractivity contribution in [1.82, 2.24) is 0 Å². The van der Waals surface area contributed by atoms with Gasteiger partial charge in [0.15, 0.2) is 0 Å². The third kappa shape index (κ3) is 2.31. The predicted molar refractivity (Wildman–Crippen MR) is 68.2 cm³/mol. The number of aryl methyl sites for hydroxylation is 2. The van der Waals surface area contributed by atoms with Crippen molar-refractivity contribution < 1.29 is 4.79 Å². The molecule has 0 saturated heterocycles. The lowest BCUT2D eigenvalue weighted by atomic mass is 10.1. The van der Waals surface area contributed by atoms with Crippen LogP contribution in [0.25, 0.3) is 0 Å². The zero-order valence-electron chi connectivity index (χ0n) is 9.28. The lowest BCUT2D eigenvalue weighted by Gasteiger charge is -2.05. The SMILES string of the molecule is Cc1ccc(NC(=O)c2ccccc2C)s1. The first kappa shape index (κ1) is 10.9. The first-order valence-electron chi connectivity index (χ1n) is 5.10. The number of hydrogen-bond donors (Lipinski definition) is 1. The number of rotatable bonds is 2. The summed E-state index contributed by atoms with van der Waals surface area (Å²) in [5.41, 5.74) is 1.72. The second-order valence-corrected chi connectivity index (χ2v) is 4.97. The molecule has 2 nitrogen and oxygen atoms in total. The first-order chi connectivity index (χ1) is 7.66. The molecule has 0 spiro atoms. The Balaban J connectivity index is 2.18. The van der Waals surface area contributed by atoms with Crippen LogP contribution in [-0.4, -0.2) is 5.91 Å². The van der Waals surface area contributed by atoms with Gasteiger partial charge in [0, 0.05) is 10.4 Å². The van der Waals surface area contributed by atoms with E-state index in [-0.39, 0.29) is 5.91 Å². The van der Waals surface area contributed by atoms with E-state index < -0.39 is 0 Å². The van der Waals surface area contributed by atoms with Crippen LogP contribution in [0.15, 0.2) is 36.4 Å². The predicted octanol–water partition coefficient (Wildman–Crippen LogP) is 3.62. The molecule has 0 aliphatic carbocycles. The highest BCUT2D eigenvalue weighted by molar-refractivity contribution is 7.16. The maximum atomic E-state index is 11.9. The van der Waals surface area contributed by atoms with Gasteiger partial charge < -0.3 is 5.32 Å². The summed E-state index contributed by atoms with van der Waals surface area (Å²) in [6.45, 7) is 3.96. The molecule has 0 radical (unpaired) electrons. The lowest BCUT2D eigenvalue weighted by molar-refractivity contribution is 0.102. The Labute approximate surface area is 98.9 Å². The van der Waals surface area contributed by atoms with E-state index in [4.69, 9.17) is 0 Å². The van der Waals surface area contributed by atoms with Crippen LogP contribution < -0.4 is 5.32 Å². The molecule has 0 saturated carbocycles. The summed E-state index contributed by atoms with van der Waals surface area (Å²) in [5, 5.41) is 3.79. The van der Waals surface area contributed by atoms with Gasteiger partial charge >= 0.3 is 0 Å². The van der Waals surface area contributed by atoms with Gasteiger partial charge in [0.1, 0.15) is 0 Å². The highest BCUT2D eigenvalue weighted by Crippen LogP contribution is 2.21. The summed E-state index contributed by atoms with van der Waals surface area (Å²) < 4.78 is 0. The van der Waals surface area contributed by atoms with Gasteiger partial charge in [0.2, 0.25) is 0 Å². The van der Waals surface area contributed by atoms with Crippen molar-refractivity contribution in [2.45, 2.75) is 13.8 Å². The molecule has 0 aliphatic rings. The van der Waals surface area contributed by atoms with E-state index in [0.29, 0.717) is 0 Å². The van der Waals surface area contributed by atoms with Crippen LogP contribution in [0.1, 0.15) is 20.8 Å². The summed E-state index contributed by atoms with van der Waals surface area (Å²) in [7, 11) is 0. The summed E-state index contributed by atoms with van der Waals surface area (Å²) in [5.74, 6) is -0.0417. The Hall–Kier alpha value is -1.61. The van der Waals surface area contributed by atoms with Crippen LogP contribution >= 0.6 is 11.3 Å². The minimum absolute atomic E-state index is 0.0417. The molecule has 0 unspecified atom stereocenters. The van der Waals surface area contributed by atoms with Crippen molar-refractivity contribution in [3.63, 3.8) is 0 Å². The number of carbonyl (C=O) groups excluding carboxylic acids is 1. The average molecular weight is 231 g/mol. The van der Waals surface area contributed by atoms with Gasteiger partial charge in [-0.2, -0.15) is 0 Å². The fourth-order valence-electron chi connectivity index (χ4n) is 1.51. The van der Waals surface area contributed by atoms with Crippen LogP contribution in [0.5, 0.6) is 0 Å². The van der Waals surface area contributed by atoms with E-state index in [1.54, 1.807) is 11.3 Å². The quantitative estimate of drug-likeness (QED) is 0.840. The highest BCUT2D eigenvalue weighted by atomic mass is 32.1. The molecule has 1 aromatic heterocycles. The van der Waals surface area contributed by atoms with Gasteiger partial charge in [-0.05, 0) is 37.6 Å². The van der Waals surface area contributed by atoms with Crippen LogP contribution in [0.3, 0.4) is 0 Å². The molecule has 1 N–H and O–H groups in total. The third-order valence-electron chi connectivity index (χ3n) is 2.37. The van der Waals surface area contributed by atoms with Gasteiger partial charge in [-0.25, -0.2) is 0 Å². The monoisotopic (exact) mass is 231 g/mol. The average Bonchev–Trinajstić information content (AvgIpc) is 2.64. The molecule has 0 fully saturated rings. The van der Waals surface area contributed by atoms with Gasteiger partial charge in [-0.3, -0.25) is 4.79 Å². The van der Waals surface area contributed by atoms with Gasteiger partial charge in [-0.15, -0.1) is 11.3 Å². The highest BCUT2D eigenvalue weighted by Gasteiger charge is 2.08. The lowest BCUT2D eigenvalue weighted by Crippen LogP contribution is -2.12. The fraction of sp³-hybridized carbons (Fsp3) is 0.154. The number of carbonyl (C=O) groups is 1. The fourth-order valence-corrected chi connectivity index (χ4v) is 2.27. The maximum Gasteiger partial charge on any atom is 0.256 e. The van der Waals surface area contributed by atoms with Crippen LogP contribution in [-0.2, 0) is 0 Å². The van der Waals surface area contributed by atoms with E-state index in [1.165, 1.54) is 4.88 Å². The zero-order valence-corrected chi connectivity index (χ0v) is 10.1. The smallest absolute Gasteiger partial charge is 0.256 e. The number of anilines is 1. The topological polar surface area (TPSA) is 29.1 Å². The molecule has 16 heavy (non-hydrogen) atoms. The summed E-state index contributed by atoms with van der Waals surface area (Å²) in [6.07, 6.45) is 0. The van der Waals surface area contributed by atoms with E-state index in [2.05, 4.69) is 5.32 Å². The molecule has 0 aliphatic heterocycles. The van der Waals surface area contributed by atoms with Crippen molar-refractivity contribution in [2.24, 2.45) is 0 Å². The summed E-state index contributed by atoms with van der Waals surface area (Å²) in [4.78, 5) is 13.1. The largest absolute Gasteiger partial charge is 0.314 e. The Bertz CT molecular complexity index is 516. The molecule has 1 aromatic carbocycles. The van der Waals surface area contributed by atoms with Crippen LogP contribution in [0, 0.1) is 13.8 Å². The standard InChI is InChI=1S/C13H13NOS/c1-9-5-3-4-6-11(9)13(15)14-12-8-7-10(2)16-12/h3-8H,1-2H3,(H,14,15). The molecule has 0 atom stereocenters. The zero-order chi connectivity index (χ0) is 11.5. The Morgan fingerprint density at radius 1 is 1.12 bits per heavy atom. The molecule has 3 heteroatoms. The van der Waals surface area contributed by atoms with Crippen molar-refractivity contribution in [2.75, 3.05) is 5.32 Å². The van der Waals surface area contributed by atoms with E-state index in [9.17, 15) is 4.79 Å². The molecule has 1 heterocycles. The molecular weight excluding hydrogens is 218 g/mol.